The number of amides is 2. The van der Waals surface area contributed by atoms with Gasteiger partial charge in [0.2, 0.25) is 0 Å². The van der Waals surface area contributed by atoms with Gasteiger partial charge in [-0.25, -0.2) is 8.78 Å². The van der Waals surface area contributed by atoms with Crippen LogP contribution in [0.2, 0.25) is 5.02 Å². The van der Waals surface area contributed by atoms with E-state index in [0.717, 1.165) is 36.4 Å². The summed E-state index contributed by atoms with van der Waals surface area (Å²) in [4.78, 5) is 33.5. The number of nitrogens with zero attached hydrogens (tertiary/aromatic N) is 1. The van der Waals surface area contributed by atoms with E-state index >= 15 is 0 Å². The fourth-order valence-electron chi connectivity index (χ4n) is 1.69. The number of hydrogen-bond donors (Lipinski definition) is 2. The van der Waals surface area contributed by atoms with Crippen molar-refractivity contribution in [2.75, 3.05) is 10.6 Å². The number of carbonyl (C=O) groups excluding carboxylic acids is 2. The Kier molecular flexibility index (Phi) is 5.05. The van der Waals surface area contributed by atoms with Gasteiger partial charge >= 0.3 is 11.8 Å². The van der Waals surface area contributed by atoms with Gasteiger partial charge in [-0.3, -0.25) is 19.7 Å². The van der Waals surface area contributed by atoms with Crippen LogP contribution in [-0.2, 0) is 9.59 Å². The third kappa shape index (κ3) is 3.82. The minimum atomic E-state index is -1.37. The van der Waals surface area contributed by atoms with E-state index in [2.05, 4.69) is 0 Å². The van der Waals surface area contributed by atoms with Gasteiger partial charge in [0.05, 0.1) is 15.6 Å². The molecular formula is C14H8ClF2N3O4. The average molecular weight is 356 g/mol. The first-order valence-corrected chi connectivity index (χ1v) is 6.67. The predicted molar refractivity (Wildman–Crippen MR) is 81.7 cm³/mol. The molecule has 0 aromatic heterocycles. The molecule has 2 N–H and O–H groups in total. The van der Waals surface area contributed by atoms with Gasteiger partial charge in [-0.05, 0) is 18.2 Å². The SMILES string of the molecule is O=C(Nc1cc([N+](=O)[O-])ccc1Cl)C(=O)Nc1c(F)cccc1F. The lowest BCUT2D eigenvalue weighted by molar-refractivity contribution is -0.384. The van der Waals surface area contributed by atoms with E-state index in [4.69, 9.17) is 11.6 Å². The number of benzene rings is 2. The monoisotopic (exact) mass is 355 g/mol. The second-order valence-corrected chi connectivity index (χ2v) is 4.83. The first-order chi connectivity index (χ1) is 11.3. The zero-order valence-corrected chi connectivity index (χ0v) is 12.4. The summed E-state index contributed by atoms with van der Waals surface area (Å²) >= 11 is 5.77. The summed E-state index contributed by atoms with van der Waals surface area (Å²) in [5, 5.41) is 14.4. The number of anilines is 2. The van der Waals surface area contributed by atoms with Gasteiger partial charge in [-0.2, -0.15) is 0 Å². The molecular weight excluding hydrogens is 348 g/mol. The molecule has 0 unspecified atom stereocenters. The molecule has 0 saturated carbocycles. The van der Waals surface area contributed by atoms with Crippen molar-refractivity contribution in [2.24, 2.45) is 0 Å². The third-order valence-electron chi connectivity index (χ3n) is 2.82. The lowest BCUT2D eigenvalue weighted by Crippen LogP contribution is -2.30. The molecule has 0 heterocycles. The van der Waals surface area contributed by atoms with E-state index in [-0.39, 0.29) is 16.4 Å². The summed E-state index contributed by atoms with van der Waals surface area (Å²) in [6, 6.07) is 6.08. The van der Waals surface area contributed by atoms with Gasteiger partial charge in [0, 0.05) is 12.1 Å². The number of nitro groups is 1. The standard InChI is InChI=1S/C14H8ClF2N3O4/c15-8-5-4-7(20(23)24)6-11(8)18-13(21)14(22)19-12-9(16)2-1-3-10(12)17/h1-6H,(H,18,21)(H,19,22). The molecule has 0 aliphatic heterocycles. The van der Waals surface area contributed by atoms with E-state index in [1.54, 1.807) is 5.32 Å². The lowest BCUT2D eigenvalue weighted by Gasteiger charge is -2.09. The van der Waals surface area contributed by atoms with Gasteiger partial charge < -0.3 is 10.6 Å². The summed E-state index contributed by atoms with van der Waals surface area (Å²) in [7, 11) is 0. The fraction of sp³-hybridized carbons (Fsp3) is 0. The molecule has 124 valence electrons. The minimum absolute atomic E-state index is 0.0566. The first kappa shape index (κ1) is 17.3. The van der Waals surface area contributed by atoms with Crippen LogP contribution in [0.25, 0.3) is 0 Å². The lowest BCUT2D eigenvalue weighted by atomic mass is 10.2. The number of carbonyl (C=O) groups is 2. The van der Waals surface area contributed by atoms with Crippen molar-refractivity contribution < 1.29 is 23.3 Å². The highest BCUT2D eigenvalue weighted by Crippen LogP contribution is 2.26. The van der Waals surface area contributed by atoms with Gasteiger partial charge in [0.25, 0.3) is 5.69 Å². The third-order valence-corrected chi connectivity index (χ3v) is 3.15. The molecule has 2 amide bonds. The first-order valence-electron chi connectivity index (χ1n) is 6.30. The zero-order chi connectivity index (χ0) is 17.9. The summed E-state index contributed by atoms with van der Waals surface area (Å²) in [6.45, 7) is 0. The molecule has 2 aromatic rings. The quantitative estimate of drug-likeness (QED) is 0.501. The van der Waals surface area contributed by atoms with Crippen LogP contribution in [0.3, 0.4) is 0 Å². The topological polar surface area (TPSA) is 101 Å². The molecule has 0 aliphatic rings. The fourth-order valence-corrected chi connectivity index (χ4v) is 1.85. The number of nitrogens with one attached hydrogen (secondary N) is 2. The van der Waals surface area contributed by atoms with E-state index in [0.29, 0.717) is 0 Å². The van der Waals surface area contributed by atoms with Crippen LogP contribution in [0.1, 0.15) is 0 Å². The van der Waals surface area contributed by atoms with Crippen molar-refractivity contribution in [2.45, 2.75) is 0 Å². The number of hydrogen-bond acceptors (Lipinski definition) is 4. The van der Waals surface area contributed by atoms with E-state index in [9.17, 15) is 28.5 Å². The Morgan fingerprint density at radius 1 is 1.04 bits per heavy atom. The maximum absolute atomic E-state index is 13.4. The summed E-state index contributed by atoms with van der Waals surface area (Å²) in [5.41, 5.74) is -1.35. The number of rotatable bonds is 3. The molecule has 2 rings (SSSR count). The Labute approximate surface area is 138 Å². The van der Waals surface area contributed by atoms with Gasteiger partial charge in [-0.1, -0.05) is 17.7 Å². The molecule has 0 radical (unpaired) electrons. The summed E-state index contributed by atoms with van der Waals surface area (Å²) < 4.78 is 26.8. The molecule has 0 aliphatic carbocycles. The zero-order valence-electron chi connectivity index (χ0n) is 11.7. The molecule has 2 aromatic carbocycles. The highest BCUT2D eigenvalue weighted by molar-refractivity contribution is 6.44. The minimum Gasteiger partial charge on any atom is -0.316 e. The molecule has 0 fully saturated rings. The van der Waals surface area contributed by atoms with Crippen molar-refractivity contribution in [3.8, 4) is 0 Å². The van der Waals surface area contributed by atoms with E-state index < -0.39 is 34.1 Å². The smallest absolute Gasteiger partial charge is 0.314 e. The molecule has 0 atom stereocenters. The highest BCUT2D eigenvalue weighted by atomic mass is 35.5. The number of halogens is 3. The Morgan fingerprint density at radius 2 is 1.62 bits per heavy atom. The summed E-state index contributed by atoms with van der Waals surface area (Å²) in [5.74, 6) is -4.81. The Hall–Kier alpha value is -3.07. The van der Waals surface area contributed by atoms with Crippen LogP contribution in [0.15, 0.2) is 36.4 Å². The maximum Gasteiger partial charge on any atom is 0.314 e. The maximum atomic E-state index is 13.4. The van der Waals surface area contributed by atoms with Crippen LogP contribution >= 0.6 is 11.6 Å². The van der Waals surface area contributed by atoms with Gasteiger partial charge in [0.1, 0.15) is 17.3 Å². The van der Waals surface area contributed by atoms with E-state index in [1.165, 1.54) is 0 Å². The predicted octanol–water partition coefficient (Wildman–Crippen LogP) is 3.10. The second kappa shape index (κ2) is 7.01. The molecule has 0 saturated heterocycles. The number of non-ortho nitro benzene ring substituents is 1. The normalized spacial score (nSPS) is 10.1. The van der Waals surface area contributed by atoms with Crippen molar-refractivity contribution in [1.82, 2.24) is 0 Å². The van der Waals surface area contributed by atoms with Crippen LogP contribution in [0.4, 0.5) is 25.8 Å². The molecule has 0 bridgehead atoms. The van der Waals surface area contributed by atoms with E-state index in [1.807, 2.05) is 5.32 Å². The van der Waals surface area contributed by atoms with Crippen molar-refractivity contribution in [3.05, 3.63) is 63.2 Å². The number of para-hydroxylation sites is 1. The van der Waals surface area contributed by atoms with Crippen LogP contribution < -0.4 is 10.6 Å². The van der Waals surface area contributed by atoms with Crippen molar-refractivity contribution in [1.29, 1.82) is 0 Å². The summed E-state index contributed by atoms with van der Waals surface area (Å²) in [6.07, 6.45) is 0. The van der Waals surface area contributed by atoms with Crippen molar-refractivity contribution in [3.63, 3.8) is 0 Å². The van der Waals surface area contributed by atoms with Gasteiger partial charge in [-0.15, -0.1) is 0 Å². The number of nitro benzene ring substituents is 1. The van der Waals surface area contributed by atoms with Crippen LogP contribution in [0.5, 0.6) is 0 Å². The molecule has 0 spiro atoms. The Balaban J connectivity index is 2.17. The highest BCUT2D eigenvalue weighted by Gasteiger charge is 2.20. The van der Waals surface area contributed by atoms with Gasteiger partial charge in [0.15, 0.2) is 0 Å². The average Bonchev–Trinajstić information content (AvgIpc) is 2.52. The Morgan fingerprint density at radius 3 is 2.21 bits per heavy atom. The second-order valence-electron chi connectivity index (χ2n) is 4.43. The van der Waals surface area contributed by atoms with Crippen LogP contribution in [-0.4, -0.2) is 16.7 Å². The van der Waals surface area contributed by atoms with Crippen molar-refractivity contribution >= 4 is 40.5 Å². The Bertz CT molecular complexity index is 825. The molecule has 24 heavy (non-hydrogen) atoms. The molecule has 10 heteroatoms. The van der Waals surface area contributed by atoms with Crippen LogP contribution in [0, 0.1) is 21.7 Å². The molecule has 7 nitrogen and oxygen atoms in total. The largest absolute Gasteiger partial charge is 0.316 e.